The van der Waals surface area contributed by atoms with Crippen LogP contribution in [0.3, 0.4) is 0 Å². The van der Waals surface area contributed by atoms with Crippen LogP contribution in [-0.4, -0.2) is 64.3 Å². The normalized spacial score (nSPS) is 15.6. The van der Waals surface area contributed by atoms with E-state index in [2.05, 4.69) is 35.4 Å². The number of aliphatic imine (C=N–C) groups is 1. The molecule has 2 rings (SSSR count). The molecule has 1 aliphatic rings. The van der Waals surface area contributed by atoms with Gasteiger partial charge in [0.05, 0.1) is 14.2 Å². The summed E-state index contributed by atoms with van der Waals surface area (Å²) in [5.41, 5.74) is 1.21. The molecule has 0 aromatic heterocycles. The molecule has 1 unspecified atom stereocenters. The fraction of sp³-hybridized carbons (Fsp3) is 0.667. The zero-order valence-corrected chi connectivity index (χ0v) is 20.1. The van der Waals surface area contributed by atoms with E-state index in [1.54, 1.807) is 14.2 Å². The van der Waals surface area contributed by atoms with Gasteiger partial charge in [-0.05, 0) is 62.9 Å². The molecule has 1 aliphatic heterocycles. The summed E-state index contributed by atoms with van der Waals surface area (Å²) in [6.07, 6.45) is 3.58. The minimum Gasteiger partial charge on any atom is -0.493 e. The third-order valence-electron chi connectivity index (χ3n) is 4.83. The number of likely N-dealkylation sites (tertiary alicyclic amines) is 1. The highest BCUT2D eigenvalue weighted by Gasteiger charge is 2.14. The fourth-order valence-corrected chi connectivity index (χ4v) is 3.41. The maximum absolute atomic E-state index is 5.38. The second-order valence-corrected chi connectivity index (χ2v) is 7.20. The fourth-order valence-electron chi connectivity index (χ4n) is 3.41. The Morgan fingerprint density at radius 3 is 2.50 bits per heavy atom. The van der Waals surface area contributed by atoms with E-state index in [9.17, 15) is 0 Å². The Bertz CT molecular complexity index is 592. The summed E-state index contributed by atoms with van der Waals surface area (Å²) in [7, 11) is 3.32. The Morgan fingerprint density at radius 1 is 1.14 bits per heavy atom. The molecule has 0 aliphatic carbocycles. The van der Waals surface area contributed by atoms with Crippen molar-refractivity contribution >= 4 is 29.9 Å². The first-order valence-corrected chi connectivity index (χ1v) is 10.1. The molecule has 7 heteroatoms. The van der Waals surface area contributed by atoms with Crippen LogP contribution in [0.2, 0.25) is 0 Å². The van der Waals surface area contributed by atoms with E-state index in [4.69, 9.17) is 14.5 Å². The van der Waals surface area contributed by atoms with Gasteiger partial charge in [0.25, 0.3) is 0 Å². The lowest BCUT2D eigenvalue weighted by molar-refractivity contribution is 0.291. The number of nitrogens with zero attached hydrogens (tertiary/aromatic N) is 2. The van der Waals surface area contributed by atoms with Crippen molar-refractivity contribution in [1.82, 2.24) is 15.5 Å². The molecule has 2 N–H and O–H groups in total. The first-order valence-electron chi connectivity index (χ1n) is 10.1. The van der Waals surface area contributed by atoms with Crippen LogP contribution >= 0.6 is 24.0 Å². The maximum atomic E-state index is 5.38. The zero-order valence-electron chi connectivity index (χ0n) is 17.8. The Labute approximate surface area is 187 Å². The van der Waals surface area contributed by atoms with Crippen molar-refractivity contribution in [3.8, 4) is 11.5 Å². The SMILES string of the molecule is CCNC(=NCC(C)CN1CCCC1)NCCc1ccc(OC)c(OC)c1.I. The number of halogens is 1. The van der Waals surface area contributed by atoms with Crippen LogP contribution < -0.4 is 20.1 Å². The molecule has 0 spiro atoms. The number of nitrogens with one attached hydrogen (secondary N) is 2. The summed E-state index contributed by atoms with van der Waals surface area (Å²) in [5.74, 6) is 3.00. The van der Waals surface area contributed by atoms with Crippen LogP contribution in [0, 0.1) is 5.92 Å². The minimum absolute atomic E-state index is 0. The molecule has 6 nitrogen and oxygen atoms in total. The predicted octanol–water partition coefficient (Wildman–Crippen LogP) is 3.15. The van der Waals surface area contributed by atoms with Crippen LogP contribution in [0.5, 0.6) is 11.5 Å². The molecule has 1 saturated heterocycles. The van der Waals surface area contributed by atoms with Crippen molar-refractivity contribution in [2.75, 3.05) is 53.5 Å². The Morgan fingerprint density at radius 2 is 1.86 bits per heavy atom. The van der Waals surface area contributed by atoms with Gasteiger partial charge in [0.15, 0.2) is 17.5 Å². The first-order chi connectivity index (χ1) is 13.2. The molecule has 28 heavy (non-hydrogen) atoms. The molecule has 1 aromatic carbocycles. The lowest BCUT2D eigenvalue weighted by atomic mass is 10.1. The summed E-state index contributed by atoms with van der Waals surface area (Å²) in [4.78, 5) is 7.32. The van der Waals surface area contributed by atoms with Crippen molar-refractivity contribution in [3.05, 3.63) is 23.8 Å². The van der Waals surface area contributed by atoms with E-state index < -0.39 is 0 Å². The third kappa shape index (κ3) is 8.43. The van der Waals surface area contributed by atoms with E-state index in [0.717, 1.165) is 50.1 Å². The molecule has 0 radical (unpaired) electrons. The highest BCUT2D eigenvalue weighted by Crippen LogP contribution is 2.27. The lowest BCUT2D eigenvalue weighted by Gasteiger charge is -2.19. The first kappa shape index (κ1) is 24.8. The molecule has 160 valence electrons. The predicted molar refractivity (Wildman–Crippen MR) is 127 cm³/mol. The lowest BCUT2D eigenvalue weighted by Crippen LogP contribution is -2.39. The molecule has 1 aromatic rings. The highest BCUT2D eigenvalue weighted by atomic mass is 127. The Balaban J connectivity index is 0.00000392. The van der Waals surface area contributed by atoms with Crippen LogP contribution in [-0.2, 0) is 6.42 Å². The van der Waals surface area contributed by atoms with Gasteiger partial charge >= 0.3 is 0 Å². The number of hydrogen-bond donors (Lipinski definition) is 2. The number of methoxy groups -OCH3 is 2. The van der Waals surface area contributed by atoms with Crippen LogP contribution in [0.1, 0.15) is 32.3 Å². The van der Waals surface area contributed by atoms with Crippen LogP contribution in [0.25, 0.3) is 0 Å². The summed E-state index contributed by atoms with van der Waals surface area (Å²) >= 11 is 0. The van der Waals surface area contributed by atoms with Gasteiger partial charge in [-0.15, -0.1) is 24.0 Å². The van der Waals surface area contributed by atoms with Gasteiger partial charge in [-0.1, -0.05) is 13.0 Å². The van der Waals surface area contributed by atoms with E-state index in [1.807, 2.05) is 12.1 Å². The van der Waals surface area contributed by atoms with Crippen molar-refractivity contribution in [2.45, 2.75) is 33.1 Å². The molecular weight excluding hydrogens is 467 g/mol. The molecular formula is C21H37IN4O2. The monoisotopic (exact) mass is 504 g/mol. The molecule has 0 amide bonds. The second kappa shape index (κ2) is 13.9. The Kier molecular flexibility index (Phi) is 12.3. The molecule has 0 saturated carbocycles. The summed E-state index contributed by atoms with van der Waals surface area (Å²) in [6, 6.07) is 6.06. The maximum Gasteiger partial charge on any atom is 0.191 e. The largest absolute Gasteiger partial charge is 0.493 e. The van der Waals surface area contributed by atoms with Crippen molar-refractivity contribution in [3.63, 3.8) is 0 Å². The number of ether oxygens (including phenoxy) is 2. The molecule has 0 bridgehead atoms. The highest BCUT2D eigenvalue weighted by molar-refractivity contribution is 14.0. The quantitative estimate of drug-likeness (QED) is 0.291. The van der Waals surface area contributed by atoms with Gasteiger partial charge in [0, 0.05) is 26.2 Å². The molecule has 1 atom stereocenters. The summed E-state index contributed by atoms with van der Waals surface area (Å²) < 4.78 is 10.7. The Hall–Kier alpha value is -1.22. The summed E-state index contributed by atoms with van der Waals surface area (Å²) in [5, 5.41) is 6.78. The minimum atomic E-state index is 0. The van der Waals surface area contributed by atoms with Gasteiger partial charge < -0.3 is 25.0 Å². The van der Waals surface area contributed by atoms with E-state index in [-0.39, 0.29) is 24.0 Å². The van der Waals surface area contributed by atoms with Gasteiger partial charge in [-0.25, -0.2) is 0 Å². The van der Waals surface area contributed by atoms with Gasteiger partial charge in [-0.2, -0.15) is 0 Å². The number of guanidine groups is 1. The van der Waals surface area contributed by atoms with Gasteiger partial charge in [-0.3, -0.25) is 4.99 Å². The number of benzene rings is 1. The van der Waals surface area contributed by atoms with Crippen LogP contribution in [0.4, 0.5) is 0 Å². The molecule has 1 fully saturated rings. The van der Waals surface area contributed by atoms with Crippen LogP contribution in [0.15, 0.2) is 23.2 Å². The van der Waals surface area contributed by atoms with E-state index in [0.29, 0.717) is 5.92 Å². The number of hydrogen-bond acceptors (Lipinski definition) is 4. The van der Waals surface area contributed by atoms with Gasteiger partial charge in [0.2, 0.25) is 0 Å². The van der Waals surface area contributed by atoms with E-state index >= 15 is 0 Å². The third-order valence-corrected chi connectivity index (χ3v) is 4.83. The topological polar surface area (TPSA) is 58.1 Å². The van der Waals surface area contributed by atoms with Crippen molar-refractivity contribution in [2.24, 2.45) is 10.9 Å². The average Bonchev–Trinajstić information content (AvgIpc) is 3.18. The molecule has 1 heterocycles. The van der Waals surface area contributed by atoms with Crippen molar-refractivity contribution in [1.29, 1.82) is 0 Å². The van der Waals surface area contributed by atoms with Gasteiger partial charge in [0.1, 0.15) is 0 Å². The van der Waals surface area contributed by atoms with Crippen molar-refractivity contribution < 1.29 is 9.47 Å². The smallest absolute Gasteiger partial charge is 0.191 e. The number of rotatable bonds is 10. The second-order valence-electron chi connectivity index (χ2n) is 7.20. The summed E-state index contributed by atoms with van der Waals surface area (Å²) in [6.45, 7) is 10.6. The van der Waals surface area contributed by atoms with E-state index in [1.165, 1.54) is 31.5 Å². The average molecular weight is 504 g/mol. The standard InChI is InChI=1S/C21H36N4O2.HI/c1-5-22-21(24-15-17(2)16-25-12-6-7-13-25)23-11-10-18-8-9-19(26-3)20(14-18)27-4;/h8-9,14,17H,5-7,10-13,15-16H2,1-4H3,(H2,22,23,24);1H. The zero-order chi connectivity index (χ0) is 19.5.